The highest BCUT2D eigenvalue weighted by Gasteiger charge is 2.20. The first-order chi connectivity index (χ1) is 9.51. The molecule has 0 aliphatic rings. The second kappa shape index (κ2) is 7.88. The van der Waals surface area contributed by atoms with Crippen molar-refractivity contribution in [3.8, 4) is 0 Å². The van der Waals surface area contributed by atoms with Crippen LogP contribution >= 0.6 is 0 Å². The molecule has 0 radical (unpaired) electrons. The largest absolute Gasteiger partial charge is 0.399 e. The molecule has 0 heterocycles. The fourth-order valence-electron chi connectivity index (χ4n) is 2.14. The number of hydrogen-bond donors (Lipinski definition) is 1. The summed E-state index contributed by atoms with van der Waals surface area (Å²) in [6, 6.07) is 2.99. The van der Waals surface area contributed by atoms with Crippen molar-refractivity contribution >= 4 is 11.6 Å². The summed E-state index contributed by atoms with van der Waals surface area (Å²) in [5.74, 6) is -0.706. The Balaban J connectivity index is 2.98. The number of nitrogens with zero attached hydrogens (tertiary/aromatic N) is 1. The van der Waals surface area contributed by atoms with Crippen molar-refractivity contribution in [3.63, 3.8) is 0 Å². The third kappa shape index (κ3) is 4.22. The van der Waals surface area contributed by atoms with Gasteiger partial charge in [-0.3, -0.25) is 4.79 Å². The van der Waals surface area contributed by atoms with E-state index in [1.54, 1.807) is 17.9 Å². The van der Waals surface area contributed by atoms with Crippen LogP contribution in [0.5, 0.6) is 0 Å². The molecule has 0 aromatic heterocycles. The van der Waals surface area contributed by atoms with Crippen molar-refractivity contribution in [2.75, 3.05) is 18.8 Å². The molecule has 0 bridgehead atoms. The number of carbonyl (C=O) groups excluding carboxylic acids is 1. The van der Waals surface area contributed by atoms with Crippen LogP contribution in [0.25, 0.3) is 0 Å². The van der Waals surface area contributed by atoms with E-state index in [1.807, 2.05) is 0 Å². The van der Waals surface area contributed by atoms with Gasteiger partial charge in [-0.1, -0.05) is 26.7 Å². The number of amides is 1. The van der Waals surface area contributed by atoms with Crippen molar-refractivity contribution < 1.29 is 9.18 Å². The minimum Gasteiger partial charge on any atom is -0.399 e. The Morgan fingerprint density at radius 2 is 1.75 bits per heavy atom. The topological polar surface area (TPSA) is 46.3 Å². The summed E-state index contributed by atoms with van der Waals surface area (Å²) in [5.41, 5.74) is 6.67. The average molecular weight is 280 g/mol. The molecule has 0 unspecified atom stereocenters. The fraction of sp³-hybridized carbons (Fsp3) is 0.562. The van der Waals surface area contributed by atoms with Gasteiger partial charge in [0.25, 0.3) is 5.91 Å². The zero-order valence-electron chi connectivity index (χ0n) is 12.7. The number of rotatable bonds is 7. The van der Waals surface area contributed by atoms with Crippen molar-refractivity contribution in [2.24, 2.45) is 0 Å². The maximum absolute atomic E-state index is 14.1. The van der Waals surface area contributed by atoms with E-state index in [2.05, 4.69) is 13.8 Å². The number of aryl methyl sites for hydroxylation is 1. The number of unbranched alkanes of at least 4 members (excludes halogenated alkanes) is 2. The number of benzene rings is 1. The number of carbonyl (C=O) groups is 1. The quantitative estimate of drug-likeness (QED) is 0.773. The SMILES string of the molecule is CCCCN(CCCC)C(=O)c1cc(N)cc(C)c1F. The second-order valence-electron chi connectivity index (χ2n) is 5.20. The van der Waals surface area contributed by atoms with Crippen LogP contribution in [0.3, 0.4) is 0 Å². The molecule has 1 aromatic carbocycles. The lowest BCUT2D eigenvalue weighted by molar-refractivity contribution is 0.0746. The normalized spacial score (nSPS) is 10.6. The Bertz CT molecular complexity index is 452. The molecule has 1 amide bonds. The predicted octanol–water partition coefficient (Wildman–Crippen LogP) is 3.76. The number of hydrogen-bond acceptors (Lipinski definition) is 2. The van der Waals surface area contributed by atoms with Gasteiger partial charge in [-0.2, -0.15) is 0 Å². The zero-order valence-corrected chi connectivity index (χ0v) is 12.7. The van der Waals surface area contributed by atoms with Crippen LogP contribution in [-0.4, -0.2) is 23.9 Å². The molecule has 0 saturated heterocycles. The third-order valence-corrected chi connectivity index (χ3v) is 3.36. The highest BCUT2D eigenvalue weighted by Crippen LogP contribution is 2.19. The van der Waals surface area contributed by atoms with Gasteiger partial charge in [-0.15, -0.1) is 0 Å². The number of nitrogens with two attached hydrogens (primary N) is 1. The van der Waals surface area contributed by atoms with E-state index in [0.717, 1.165) is 25.7 Å². The molecule has 0 aliphatic heterocycles. The van der Waals surface area contributed by atoms with Gasteiger partial charge in [-0.25, -0.2) is 4.39 Å². The molecule has 0 spiro atoms. The third-order valence-electron chi connectivity index (χ3n) is 3.36. The van der Waals surface area contributed by atoms with Crippen LogP contribution in [0.4, 0.5) is 10.1 Å². The molecule has 0 atom stereocenters. The molecule has 4 heteroatoms. The van der Waals surface area contributed by atoms with E-state index >= 15 is 0 Å². The Morgan fingerprint density at radius 3 is 2.25 bits per heavy atom. The molecule has 1 aromatic rings. The minimum absolute atomic E-state index is 0.0923. The van der Waals surface area contributed by atoms with E-state index in [-0.39, 0.29) is 11.5 Å². The van der Waals surface area contributed by atoms with Crippen LogP contribution in [0.2, 0.25) is 0 Å². The van der Waals surface area contributed by atoms with Crippen LogP contribution in [0.15, 0.2) is 12.1 Å². The fourth-order valence-corrected chi connectivity index (χ4v) is 2.14. The van der Waals surface area contributed by atoms with Gasteiger partial charge in [0.2, 0.25) is 0 Å². The maximum atomic E-state index is 14.1. The van der Waals surface area contributed by atoms with E-state index < -0.39 is 5.82 Å². The number of halogens is 1. The summed E-state index contributed by atoms with van der Waals surface area (Å²) in [5, 5.41) is 0. The Morgan fingerprint density at radius 1 is 1.20 bits per heavy atom. The van der Waals surface area contributed by atoms with Gasteiger partial charge < -0.3 is 10.6 Å². The van der Waals surface area contributed by atoms with Gasteiger partial charge in [0.05, 0.1) is 5.56 Å². The molecule has 112 valence electrons. The van der Waals surface area contributed by atoms with Gasteiger partial charge in [-0.05, 0) is 37.5 Å². The lowest BCUT2D eigenvalue weighted by Gasteiger charge is -2.23. The summed E-state index contributed by atoms with van der Waals surface area (Å²) >= 11 is 0. The molecule has 20 heavy (non-hydrogen) atoms. The highest BCUT2D eigenvalue weighted by molar-refractivity contribution is 5.95. The maximum Gasteiger partial charge on any atom is 0.256 e. The predicted molar refractivity (Wildman–Crippen MR) is 81.3 cm³/mol. The van der Waals surface area contributed by atoms with E-state index in [1.165, 1.54) is 6.07 Å². The second-order valence-corrected chi connectivity index (χ2v) is 5.20. The Kier molecular flexibility index (Phi) is 6.49. The van der Waals surface area contributed by atoms with Crippen molar-refractivity contribution in [1.29, 1.82) is 0 Å². The minimum atomic E-state index is -0.456. The Hall–Kier alpha value is -1.58. The summed E-state index contributed by atoms with van der Waals surface area (Å²) in [7, 11) is 0. The summed E-state index contributed by atoms with van der Waals surface area (Å²) in [6.07, 6.45) is 3.87. The van der Waals surface area contributed by atoms with Crippen molar-refractivity contribution in [1.82, 2.24) is 4.90 Å². The molecule has 2 N–H and O–H groups in total. The van der Waals surface area contributed by atoms with Gasteiger partial charge in [0, 0.05) is 18.8 Å². The van der Waals surface area contributed by atoms with E-state index in [4.69, 9.17) is 5.73 Å². The zero-order chi connectivity index (χ0) is 15.1. The first-order valence-electron chi connectivity index (χ1n) is 7.36. The summed E-state index contributed by atoms with van der Waals surface area (Å²) in [6.45, 7) is 7.12. The first-order valence-corrected chi connectivity index (χ1v) is 7.36. The molecule has 1 rings (SSSR count). The van der Waals surface area contributed by atoms with Gasteiger partial charge in [0.1, 0.15) is 5.82 Å². The average Bonchev–Trinajstić information content (AvgIpc) is 2.42. The highest BCUT2D eigenvalue weighted by atomic mass is 19.1. The van der Waals surface area contributed by atoms with Gasteiger partial charge in [0.15, 0.2) is 0 Å². The molecule has 0 fully saturated rings. The molecular formula is C16H25FN2O. The van der Waals surface area contributed by atoms with Crippen molar-refractivity contribution in [2.45, 2.75) is 46.5 Å². The van der Waals surface area contributed by atoms with E-state index in [9.17, 15) is 9.18 Å². The summed E-state index contributed by atoms with van der Waals surface area (Å²) in [4.78, 5) is 14.3. The number of anilines is 1. The smallest absolute Gasteiger partial charge is 0.256 e. The monoisotopic (exact) mass is 280 g/mol. The number of nitrogen functional groups attached to an aromatic ring is 1. The lowest BCUT2D eigenvalue weighted by Crippen LogP contribution is -2.33. The van der Waals surface area contributed by atoms with Crippen LogP contribution < -0.4 is 5.73 Å². The van der Waals surface area contributed by atoms with Gasteiger partial charge >= 0.3 is 0 Å². The van der Waals surface area contributed by atoms with Crippen LogP contribution in [0.1, 0.15) is 55.5 Å². The standard InChI is InChI=1S/C16H25FN2O/c1-4-6-8-19(9-7-5-2)16(20)14-11-13(18)10-12(3)15(14)17/h10-11H,4-9,18H2,1-3H3. The van der Waals surface area contributed by atoms with Crippen LogP contribution in [-0.2, 0) is 0 Å². The first kappa shape index (κ1) is 16.5. The van der Waals surface area contributed by atoms with E-state index in [0.29, 0.717) is 24.3 Å². The lowest BCUT2D eigenvalue weighted by atomic mass is 10.1. The summed E-state index contributed by atoms with van der Waals surface area (Å²) < 4.78 is 14.1. The van der Waals surface area contributed by atoms with Crippen molar-refractivity contribution in [3.05, 3.63) is 29.1 Å². The molecule has 0 aliphatic carbocycles. The molecule has 3 nitrogen and oxygen atoms in total. The molecular weight excluding hydrogens is 255 g/mol. The molecule has 0 saturated carbocycles. The van der Waals surface area contributed by atoms with Crippen LogP contribution in [0, 0.1) is 12.7 Å². The Labute approximate surface area is 121 Å².